The number of halogens is 4. The summed E-state index contributed by atoms with van der Waals surface area (Å²) in [5.41, 5.74) is -0.794. The van der Waals surface area contributed by atoms with E-state index >= 15 is 0 Å². The largest absolute Gasteiger partial charge is 0.417 e. The highest BCUT2D eigenvalue weighted by Crippen LogP contribution is 2.40. The molecule has 162 valence electrons. The standard InChI is InChI=1S/C20H18ClF3N6O/c21-15-12(3-1-4-13(15)20(22,23)24)9-29-14(11-5-6-11)10-30(17(26)19(29)31)16(25)18-27-7-2-8-28-18/h1-4,7-8,11,14,25-26H,5-6,9-10H2. The predicted octanol–water partition coefficient (Wildman–Crippen LogP) is 3.57. The number of nitrogens with one attached hydrogen (secondary N) is 2. The zero-order valence-corrected chi connectivity index (χ0v) is 16.9. The molecule has 2 N–H and O–H groups in total. The summed E-state index contributed by atoms with van der Waals surface area (Å²) in [5.74, 6) is -1.05. The first-order valence-electron chi connectivity index (χ1n) is 9.56. The van der Waals surface area contributed by atoms with Gasteiger partial charge in [0.1, 0.15) is 0 Å². The van der Waals surface area contributed by atoms with Crippen molar-refractivity contribution in [2.45, 2.75) is 31.6 Å². The summed E-state index contributed by atoms with van der Waals surface area (Å²) in [6, 6.07) is 4.83. The zero-order chi connectivity index (χ0) is 22.3. The summed E-state index contributed by atoms with van der Waals surface area (Å²) in [5, 5.41) is 16.2. The molecule has 1 aromatic heterocycles. The Labute approximate surface area is 180 Å². The molecular weight excluding hydrogens is 433 g/mol. The van der Waals surface area contributed by atoms with Crippen molar-refractivity contribution in [2.75, 3.05) is 6.54 Å². The highest BCUT2D eigenvalue weighted by Gasteiger charge is 2.46. The molecule has 1 saturated carbocycles. The van der Waals surface area contributed by atoms with Crippen LogP contribution in [-0.2, 0) is 17.5 Å². The normalized spacial score (nSPS) is 19.7. The highest BCUT2D eigenvalue weighted by atomic mass is 35.5. The zero-order valence-electron chi connectivity index (χ0n) is 16.2. The minimum absolute atomic E-state index is 0.0870. The molecule has 1 aliphatic heterocycles. The quantitative estimate of drug-likeness (QED) is 0.549. The second-order valence-electron chi connectivity index (χ2n) is 7.49. The molecule has 4 rings (SSSR count). The van der Waals surface area contributed by atoms with Gasteiger partial charge in [-0.05, 0) is 36.5 Å². The Morgan fingerprint density at radius 1 is 1.19 bits per heavy atom. The van der Waals surface area contributed by atoms with Crippen LogP contribution in [0.1, 0.15) is 29.8 Å². The predicted molar refractivity (Wildman–Crippen MR) is 107 cm³/mol. The fraction of sp³-hybridized carbons (Fsp3) is 0.350. The fourth-order valence-corrected chi connectivity index (χ4v) is 4.00. The van der Waals surface area contributed by atoms with Gasteiger partial charge in [0.25, 0.3) is 5.91 Å². The van der Waals surface area contributed by atoms with Gasteiger partial charge in [0.15, 0.2) is 17.5 Å². The number of hydrogen-bond donors (Lipinski definition) is 2. The lowest BCUT2D eigenvalue weighted by atomic mass is 10.0. The number of rotatable bonds is 4. The molecule has 1 amide bonds. The van der Waals surface area contributed by atoms with Crippen LogP contribution in [0.5, 0.6) is 0 Å². The summed E-state index contributed by atoms with van der Waals surface area (Å²) in [6.45, 7) is 0.0249. The fourth-order valence-electron chi connectivity index (χ4n) is 3.70. The van der Waals surface area contributed by atoms with Crippen LogP contribution >= 0.6 is 11.6 Å². The molecule has 1 saturated heterocycles. The molecule has 31 heavy (non-hydrogen) atoms. The highest BCUT2D eigenvalue weighted by molar-refractivity contribution is 6.40. The molecule has 0 bridgehead atoms. The average Bonchev–Trinajstić information content (AvgIpc) is 3.57. The Balaban J connectivity index is 1.62. The number of amidine groups is 2. The molecule has 0 radical (unpaired) electrons. The Morgan fingerprint density at radius 2 is 1.87 bits per heavy atom. The van der Waals surface area contributed by atoms with Crippen LogP contribution in [0.2, 0.25) is 5.02 Å². The second kappa shape index (κ2) is 7.92. The van der Waals surface area contributed by atoms with Crippen molar-refractivity contribution in [3.63, 3.8) is 0 Å². The van der Waals surface area contributed by atoms with Crippen LogP contribution < -0.4 is 0 Å². The molecular formula is C20H18ClF3N6O. The topological polar surface area (TPSA) is 97.0 Å². The minimum atomic E-state index is -4.61. The van der Waals surface area contributed by atoms with Gasteiger partial charge in [0.2, 0.25) is 0 Å². The number of nitrogens with zero attached hydrogens (tertiary/aromatic N) is 4. The Hall–Kier alpha value is -3.01. The first-order chi connectivity index (χ1) is 14.7. The molecule has 2 aromatic rings. The van der Waals surface area contributed by atoms with Crippen LogP contribution in [0.15, 0.2) is 36.7 Å². The first-order valence-corrected chi connectivity index (χ1v) is 9.94. The van der Waals surface area contributed by atoms with E-state index in [9.17, 15) is 18.0 Å². The number of hydrogen-bond acceptors (Lipinski definition) is 5. The van der Waals surface area contributed by atoms with E-state index < -0.39 is 28.5 Å². The van der Waals surface area contributed by atoms with E-state index in [1.54, 1.807) is 6.07 Å². The SMILES string of the molecule is N=C1C(=O)N(Cc2cccc(C(F)(F)F)c2Cl)C(C2CC2)CN1C(=N)c1ncccn1. The maximum absolute atomic E-state index is 13.2. The Bertz CT molecular complexity index is 1040. The van der Waals surface area contributed by atoms with E-state index in [1.165, 1.54) is 34.3 Å². The first kappa shape index (κ1) is 21.2. The van der Waals surface area contributed by atoms with Gasteiger partial charge in [0.05, 0.1) is 16.6 Å². The van der Waals surface area contributed by atoms with Crippen LogP contribution in [0.3, 0.4) is 0 Å². The summed E-state index contributed by atoms with van der Waals surface area (Å²) < 4.78 is 39.7. The number of amides is 1. The van der Waals surface area contributed by atoms with Crippen molar-refractivity contribution in [1.29, 1.82) is 10.8 Å². The maximum Gasteiger partial charge on any atom is 0.417 e. The van der Waals surface area contributed by atoms with Gasteiger partial charge in [-0.1, -0.05) is 23.7 Å². The van der Waals surface area contributed by atoms with Crippen molar-refractivity contribution in [1.82, 2.24) is 19.8 Å². The van der Waals surface area contributed by atoms with Crippen molar-refractivity contribution in [2.24, 2.45) is 5.92 Å². The number of carbonyl (C=O) groups excluding carboxylic acids is 1. The summed E-state index contributed by atoms with van der Waals surface area (Å²) in [4.78, 5) is 23.7. The van der Waals surface area contributed by atoms with Crippen molar-refractivity contribution >= 4 is 29.2 Å². The number of benzene rings is 1. The van der Waals surface area contributed by atoms with Crippen LogP contribution in [-0.4, -0.2) is 49.9 Å². The van der Waals surface area contributed by atoms with E-state index in [1.807, 2.05) is 0 Å². The molecule has 2 heterocycles. The smallest absolute Gasteiger partial charge is 0.327 e. The van der Waals surface area contributed by atoms with Gasteiger partial charge in [0, 0.05) is 25.5 Å². The van der Waals surface area contributed by atoms with Crippen LogP contribution in [0.4, 0.5) is 13.2 Å². The number of aromatic nitrogens is 2. The third kappa shape index (κ3) is 4.12. The second-order valence-corrected chi connectivity index (χ2v) is 7.87. The molecule has 1 unspecified atom stereocenters. The third-order valence-corrected chi connectivity index (χ3v) is 5.89. The van der Waals surface area contributed by atoms with Gasteiger partial charge < -0.3 is 9.80 Å². The van der Waals surface area contributed by atoms with Gasteiger partial charge in [-0.25, -0.2) is 9.97 Å². The molecule has 1 aromatic carbocycles. The van der Waals surface area contributed by atoms with Crippen molar-refractivity contribution in [3.05, 3.63) is 58.6 Å². The molecule has 2 aliphatic rings. The maximum atomic E-state index is 13.2. The molecule has 0 spiro atoms. The number of alkyl halides is 3. The van der Waals surface area contributed by atoms with E-state index in [-0.39, 0.29) is 42.3 Å². The third-order valence-electron chi connectivity index (χ3n) is 5.44. The monoisotopic (exact) mass is 450 g/mol. The Kier molecular flexibility index (Phi) is 5.42. The van der Waals surface area contributed by atoms with Gasteiger partial charge in [-0.2, -0.15) is 13.2 Å². The van der Waals surface area contributed by atoms with Crippen LogP contribution in [0.25, 0.3) is 0 Å². The van der Waals surface area contributed by atoms with Gasteiger partial charge in [-0.3, -0.25) is 15.6 Å². The van der Waals surface area contributed by atoms with Crippen LogP contribution in [0, 0.1) is 16.7 Å². The molecule has 7 nitrogen and oxygen atoms in total. The lowest BCUT2D eigenvalue weighted by molar-refractivity contribution is -0.137. The van der Waals surface area contributed by atoms with E-state index in [0.717, 1.165) is 18.9 Å². The van der Waals surface area contributed by atoms with E-state index in [0.29, 0.717) is 0 Å². The average molecular weight is 451 g/mol. The summed E-state index contributed by atoms with van der Waals surface area (Å²) >= 11 is 6.03. The van der Waals surface area contributed by atoms with Gasteiger partial charge in [-0.15, -0.1) is 0 Å². The van der Waals surface area contributed by atoms with Crippen molar-refractivity contribution < 1.29 is 18.0 Å². The molecule has 11 heteroatoms. The lowest BCUT2D eigenvalue weighted by Crippen LogP contribution is -2.61. The molecule has 2 fully saturated rings. The minimum Gasteiger partial charge on any atom is -0.327 e. The molecule has 1 atom stereocenters. The number of carbonyl (C=O) groups is 1. The number of piperazine rings is 1. The molecule has 1 aliphatic carbocycles. The summed E-state index contributed by atoms with van der Waals surface area (Å²) in [7, 11) is 0. The Morgan fingerprint density at radius 3 is 2.48 bits per heavy atom. The van der Waals surface area contributed by atoms with E-state index in [2.05, 4.69) is 9.97 Å². The van der Waals surface area contributed by atoms with Gasteiger partial charge >= 0.3 is 6.18 Å². The summed E-state index contributed by atoms with van der Waals surface area (Å²) in [6.07, 6.45) is 0.0462. The van der Waals surface area contributed by atoms with Crippen molar-refractivity contribution in [3.8, 4) is 0 Å². The van der Waals surface area contributed by atoms with E-state index in [4.69, 9.17) is 22.4 Å². The lowest BCUT2D eigenvalue weighted by Gasteiger charge is -2.42.